The summed E-state index contributed by atoms with van der Waals surface area (Å²) in [6, 6.07) is 0.212. The maximum Gasteiger partial charge on any atom is 0.245 e. The van der Waals surface area contributed by atoms with Crippen LogP contribution in [0.3, 0.4) is 0 Å². The van der Waals surface area contributed by atoms with Crippen LogP contribution in [0.25, 0.3) is 0 Å². The Kier molecular flexibility index (Phi) is 4.52. The van der Waals surface area contributed by atoms with E-state index in [0.717, 1.165) is 12.8 Å². The molecule has 0 aromatic carbocycles. The molecule has 0 aliphatic carbocycles. The molecule has 0 radical (unpaired) electrons. The quantitative estimate of drug-likeness (QED) is 0.725. The fourth-order valence-electron chi connectivity index (χ4n) is 1.74. The number of nitrogens with one attached hydrogen (secondary N) is 1. The minimum absolute atomic E-state index is 0.0198. The number of likely N-dealkylation sites (tertiary alicyclic amines) is 1. The zero-order valence-electron chi connectivity index (χ0n) is 10.0. The first-order chi connectivity index (χ1) is 7.54. The van der Waals surface area contributed by atoms with E-state index in [1.807, 2.05) is 13.8 Å². The lowest BCUT2D eigenvalue weighted by atomic mass is 10.0. The normalized spacial score (nSPS) is 17.3. The molecular formula is C12H20N2O2. The molecule has 90 valence electrons. The second-order valence-corrected chi connectivity index (χ2v) is 4.47. The van der Waals surface area contributed by atoms with Gasteiger partial charge >= 0.3 is 0 Å². The molecule has 2 amide bonds. The highest BCUT2D eigenvalue weighted by Crippen LogP contribution is 2.11. The summed E-state index contributed by atoms with van der Waals surface area (Å²) >= 11 is 0. The first kappa shape index (κ1) is 12.7. The molecule has 1 rings (SSSR count). The number of hydrogen-bond donors (Lipinski definition) is 1. The molecular weight excluding hydrogens is 204 g/mol. The molecule has 1 N–H and O–H groups in total. The van der Waals surface area contributed by atoms with Gasteiger partial charge < -0.3 is 10.2 Å². The summed E-state index contributed by atoms with van der Waals surface area (Å²) in [5, 5.41) is 2.99. The standard InChI is InChI=1S/C12H20N2O2/c1-4-11(15)14-7-5-10(6-8-14)13-12(16)9(2)3/h4,9-10H,1,5-8H2,2-3H3,(H,13,16). The molecule has 4 nitrogen and oxygen atoms in total. The van der Waals surface area contributed by atoms with Crippen LogP contribution in [0.4, 0.5) is 0 Å². The second-order valence-electron chi connectivity index (χ2n) is 4.47. The highest BCUT2D eigenvalue weighted by atomic mass is 16.2. The molecule has 4 heteroatoms. The highest BCUT2D eigenvalue weighted by Gasteiger charge is 2.22. The Hall–Kier alpha value is -1.32. The molecule has 1 heterocycles. The van der Waals surface area contributed by atoms with Gasteiger partial charge in [-0.3, -0.25) is 9.59 Å². The topological polar surface area (TPSA) is 49.4 Å². The molecule has 0 aromatic heterocycles. The predicted octanol–water partition coefficient (Wildman–Crippen LogP) is 0.936. The number of carbonyl (C=O) groups excluding carboxylic acids is 2. The molecule has 0 spiro atoms. The fourth-order valence-corrected chi connectivity index (χ4v) is 1.74. The van der Waals surface area contributed by atoms with Crippen LogP contribution in [0.2, 0.25) is 0 Å². The number of rotatable bonds is 3. The molecule has 1 aliphatic rings. The largest absolute Gasteiger partial charge is 0.353 e. The van der Waals surface area contributed by atoms with Crippen molar-refractivity contribution in [2.45, 2.75) is 32.7 Å². The Morgan fingerprint density at radius 1 is 1.38 bits per heavy atom. The van der Waals surface area contributed by atoms with Crippen molar-refractivity contribution in [3.05, 3.63) is 12.7 Å². The van der Waals surface area contributed by atoms with Crippen LogP contribution in [0.15, 0.2) is 12.7 Å². The molecule has 1 aliphatic heterocycles. The van der Waals surface area contributed by atoms with Crippen molar-refractivity contribution in [1.82, 2.24) is 10.2 Å². The Labute approximate surface area is 96.7 Å². The van der Waals surface area contributed by atoms with Gasteiger partial charge in [0, 0.05) is 25.0 Å². The van der Waals surface area contributed by atoms with Gasteiger partial charge in [0.2, 0.25) is 11.8 Å². The van der Waals surface area contributed by atoms with Crippen LogP contribution in [-0.4, -0.2) is 35.8 Å². The minimum atomic E-state index is -0.0198. The molecule has 0 bridgehead atoms. The van der Waals surface area contributed by atoms with Crippen LogP contribution in [0.5, 0.6) is 0 Å². The van der Waals surface area contributed by atoms with Crippen LogP contribution in [0, 0.1) is 5.92 Å². The van der Waals surface area contributed by atoms with E-state index >= 15 is 0 Å². The van der Waals surface area contributed by atoms with Crippen LogP contribution in [-0.2, 0) is 9.59 Å². The van der Waals surface area contributed by atoms with Gasteiger partial charge in [-0.15, -0.1) is 0 Å². The molecule has 16 heavy (non-hydrogen) atoms. The number of piperidine rings is 1. The van der Waals surface area contributed by atoms with Crippen molar-refractivity contribution < 1.29 is 9.59 Å². The third-order valence-corrected chi connectivity index (χ3v) is 2.85. The average Bonchev–Trinajstić information content (AvgIpc) is 2.28. The lowest BCUT2D eigenvalue weighted by Crippen LogP contribution is -2.47. The van der Waals surface area contributed by atoms with E-state index in [1.165, 1.54) is 6.08 Å². The molecule has 0 aromatic rings. The lowest BCUT2D eigenvalue weighted by Gasteiger charge is -2.32. The third kappa shape index (κ3) is 3.36. The second kappa shape index (κ2) is 5.68. The highest BCUT2D eigenvalue weighted by molar-refractivity contribution is 5.87. The van der Waals surface area contributed by atoms with Gasteiger partial charge in [0.25, 0.3) is 0 Å². The molecule has 0 atom stereocenters. The maximum atomic E-state index is 11.5. The molecule has 0 saturated carbocycles. The third-order valence-electron chi connectivity index (χ3n) is 2.85. The number of amides is 2. The average molecular weight is 224 g/mol. The molecule has 0 unspecified atom stereocenters. The predicted molar refractivity (Wildman–Crippen MR) is 62.8 cm³/mol. The smallest absolute Gasteiger partial charge is 0.245 e. The van der Waals surface area contributed by atoms with Crippen LogP contribution in [0.1, 0.15) is 26.7 Å². The first-order valence-electron chi connectivity index (χ1n) is 5.76. The van der Waals surface area contributed by atoms with E-state index in [1.54, 1.807) is 4.90 Å². The van der Waals surface area contributed by atoms with Gasteiger partial charge in [0.1, 0.15) is 0 Å². The Balaban J connectivity index is 2.35. The summed E-state index contributed by atoms with van der Waals surface area (Å²) in [7, 11) is 0. The maximum absolute atomic E-state index is 11.5. The van der Waals surface area contributed by atoms with Gasteiger partial charge in [0.15, 0.2) is 0 Å². The van der Waals surface area contributed by atoms with Crippen molar-refractivity contribution in [1.29, 1.82) is 0 Å². The Morgan fingerprint density at radius 2 is 1.94 bits per heavy atom. The first-order valence-corrected chi connectivity index (χ1v) is 5.76. The van der Waals surface area contributed by atoms with E-state index in [4.69, 9.17) is 0 Å². The van der Waals surface area contributed by atoms with Gasteiger partial charge in [-0.05, 0) is 18.9 Å². The molecule has 1 saturated heterocycles. The zero-order chi connectivity index (χ0) is 12.1. The van der Waals surface area contributed by atoms with Crippen molar-refractivity contribution >= 4 is 11.8 Å². The van der Waals surface area contributed by atoms with Crippen molar-refractivity contribution in [2.24, 2.45) is 5.92 Å². The minimum Gasteiger partial charge on any atom is -0.353 e. The van der Waals surface area contributed by atoms with E-state index in [2.05, 4.69) is 11.9 Å². The van der Waals surface area contributed by atoms with Crippen molar-refractivity contribution in [3.8, 4) is 0 Å². The van der Waals surface area contributed by atoms with Crippen molar-refractivity contribution in [2.75, 3.05) is 13.1 Å². The Bertz CT molecular complexity index is 279. The monoisotopic (exact) mass is 224 g/mol. The van der Waals surface area contributed by atoms with Gasteiger partial charge in [0.05, 0.1) is 0 Å². The Morgan fingerprint density at radius 3 is 2.38 bits per heavy atom. The number of nitrogens with zero attached hydrogens (tertiary/aromatic N) is 1. The summed E-state index contributed by atoms with van der Waals surface area (Å²) < 4.78 is 0. The summed E-state index contributed by atoms with van der Waals surface area (Å²) in [6.07, 6.45) is 3.00. The van der Waals surface area contributed by atoms with E-state index in [9.17, 15) is 9.59 Å². The summed E-state index contributed by atoms with van der Waals surface area (Å²) in [4.78, 5) is 24.6. The zero-order valence-corrected chi connectivity index (χ0v) is 10.0. The number of hydrogen-bond acceptors (Lipinski definition) is 2. The number of carbonyl (C=O) groups is 2. The van der Waals surface area contributed by atoms with E-state index < -0.39 is 0 Å². The fraction of sp³-hybridized carbons (Fsp3) is 0.667. The van der Waals surface area contributed by atoms with Crippen LogP contribution >= 0.6 is 0 Å². The SMILES string of the molecule is C=CC(=O)N1CCC(NC(=O)C(C)C)CC1. The molecule has 1 fully saturated rings. The van der Waals surface area contributed by atoms with Gasteiger partial charge in [-0.1, -0.05) is 20.4 Å². The van der Waals surface area contributed by atoms with E-state index in [0.29, 0.717) is 13.1 Å². The lowest BCUT2D eigenvalue weighted by molar-refractivity contribution is -0.127. The van der Waals surface area contributed by atoms with Crippen LogP contribution < -0.4 is 5.32 Å². The van der Waals surface area contributed by atoms with E-state index in [-0.39, 0.29) is 23.8 Å². The van der Waals surface area contributed by atoms with Gasteiger partial charge in [-0.2, -0.15) is 0 Å². The summed E-state index contributed by atoms with van der Waals surface area (Å²) in [5.74, 6) is 0.0926. The van der Waals surface area contributed by atoms with Gasteiger partial charge in [-0.25, -0.2) is 0 Å². The van der Waals surface area contributed by atoms with Crippen molar-refractivity contribution in [3.63, 3.8) is 0 Å². The summed E-state index contributed by atoms with van der Waals surface area (Å²) in [5.41, 5.74) is 0. The summed E-state index contributed by atoms with van der Waals surface area (Å²) in [6.45, 7) is 8.63.